The summed E-state index contributed by atoms with van der Waals surface area (Å²) in [5.74, 6) is 0. The molecule has 0 spiro atoms. The molecule has 0 aromatic carbocycles. The summed E-state index contributed by atoms with van der Waals surface area (Å²) in [5.41, 5.74) is 8.35. The molecule has 0 aliphatic carbocycles. The van der Waals surface area contributed by atoms with Crippen LogP contribution in [0.25, 0.3) is 5.70 Å². The zero-order valence-electron chi connectivity index (χ0n) is 6.46. The second kappa shape index (κ2) is 3.47. The standard InChI is InChI=1S/C9H12Si/c1-9(2)8-10-6-4-3-5-7-10/h3-8H,1-2H3. The Kier molecular flexibility index (Phi) is 2.57. The third-order valence-corrected chi connectivity index (χ3v) is 3.32. The topological polar surface area (TPSA) is 0 Å². The van der Waals surface area contributed by atoms with Crippen molar-refractivity contribution in [3.05, 3.63) is 35.1 Å². The number of allylic oxidation sites excluding steroid dienone is 1. The highest BCUT2D eigenvalue weighted by Crippen LogP contribution is 1.93. The predicted octanol–water partition coefficient (Wildman–Crippen LogP) is 2.59. The monoisotopic (exact) mass is 148 g/mol. The van der Waals surface area contributed by atoms with Crippen LogP contribution in [0.2, 0.25) is 0 Å². The van der Waals surface area contributed by atoms with Gasteiger partial charge in [-0.05, 0) is 13.8 Å². The fourth-order valence-corrected chi connectivity index (χ4v) is 2.52. The molecule has 0 unspecified atom stereocenters. The molecule has 0 amide bonds. The van der Waals surface area contributed by atoms with E-state index in [1.807, 2.05) is 0 Å². The average molecular weight is 148 g/mol. The molecule has 1 heteroatoms. The highest BCUT2D eigenvalue weighted by Gasteiger charge is 1.83. The van der Waals surface area contributed by atoms with Crippen LogP contribution in [0.3, 0.4) is 0 Å². The lowest BCUT2D eigenvalue weighted by Crippen LogP contribution is -1.86. The molecule has 1 rings (SSSR count). The van der Waals surface area contributed by atoms with Crippen molar-refractivity contribution in [1.29, 1.82) is 0 Å². The number of hydrogen-bond acceptors (Lipinski definition) is 0. The molecule has 0 aliphatic heterocycles. The Bertz CT molecular complexity index is 220. The van der Waals surface area contributed by atoms with Crippen LogP contribution < -0.4 is 0 Å². The lowest BCUT2D eigenvalue weighted by Gasteiger charge is -1.90. The summed E-state index contributed by atoms with van der Waals surface area (Å²) in [6, 6.07) is 6.34. The van der Waals surface area contributed by atoms with Gasteiger partial charge in [0, 0.05) is 0 Å². The van der Waals surface area contributed by atoms with E-state index in [4.69, 9.17) is 0 Å². The minimum absolute atomic E-state index is 0.402. The Balaban J connectivity index is 2.87. The first-order valence-electron chi connectivity index (χ1n) is 3.49. The molecule has 0 nitrogen and oxygen atoms in total. The Labute approximate surface area is 63.7 Å². The predicted molar refractivity (Wildman–Crippen MR) is 48.0 cm³/mol. The van der Waals surface area contributed by atoms with Crippen molar-refractivity contribution in [1.82, 2.24) is 0 Å². The van der Waals surface area contributed by atoms with Gasteiger partial charge in [-0.15, -0.1) is 0 Å². The summed E-state index contributed by atoms with van der Waals surface area (Å²) in [7, 11) is -0.402. The summed E-state index contributed by atoms with van der Waals surface area (Å²) in [6.45, 7) is 4.30. The third-order valence-electron chi connectivity index (χ3n) is 1.25. The summed E-state index contributed by atoms with van der Waals surface area (Å²) in [4.78, 5) is 0. The molecule has 1 aromatic heterocycles. The second-order valence-corrected chi connectivity index (χ2v) is 4.59. The zero-order valence-corrected chi connectivity index (χ0v) is 7.46. The van der Waals surface area contributed by atoms with Crippen LogP contribution in [0.1, 0.15) is 13.8 Å². The molecule has 0 radical (unpaired) electrons. The molecule has 0 atom stereocenters. The quantitative estimate of drug-likeness (QED) is 0.537. The fraction of sp³-hybridized carbons (Fsp3) is 0.222. The van der Waals surface area contributed by atoms with Crippen LogP contribution in [-0.2, 0) is 0 Å². The van der Waals surface area contributed by atoms with Gasteiger partial charge in [0.25, 0.3) is 0 Å². The van der Waals surface area contributed by atoms with Gasteiger partial charge < -0.3 is 0 Å². The maximum Gasteiger partial charge on any atom is 0.0644 e. The lowest BCUT2D eigenvalue weighted by atomic mass is 10.4. The van der Waals surface area contributed by atoms with Crippen LogP contribution >= 0.6 is 0 Å². The molecular formula is C9H12Si. The Hall–Kier alpha value is -0.693. The normalized spacial score (nSPS) is 9.00. The van der Waals surface area contributed by atoms with Crippen molar-refractivity contribution in [3.63, 3.8) is 0 Å². The Morgan fingerprint density at radius 2 is 1.70 bits per heavy atom. The SMILES string of the molecule is CC(C)=C[si]1ccccc1. The second-order valence-electron chi connectivity index (χ2n) is 2.63. The van der Waals surface area contributed by atoms with Gasteiger partial charge >= 0.3 is 0 Å². The maximum absolute atomic E-state index is 2.35. The first-order chi connectivity index (χ1) is 4.79. The number of hydrogen-bond donors (Lipinski definition) is 0. The molecule has 0 N–H and O–H groups in total. The summed E-state index contributed by atoms with van der Waals surface area (Å²) in [5, 5.41) is 0. The lowest BCUT2D eigenvalue weighted by molar-refractivity contribution is 1.44. The van der Waals surface area contributed by atoms with Gasteiger partial charge in [-0.3, -0.25) is 0 Å². The molecular weight excluding hydrogens is 136 g/mol. The van der Waals surface area contributed by atoms with E-state index < -0.39 is 8.40 Å². The summed E-state index contributed by atoms with van der Waals surface area (Å²) in [6.07, 6.45) is 0. The molecule has 0 fully saturated rings. The minimum atomic E-state index is -0.402. The van der Waals surface area contributed by atoms with Crippen LogP contribution in [-0.4, -0.2) is 8.40 Å². The summed E-state index contributed by atoms with van der Waals surface area (Å²) >= 11 is 0. The fourth-order valence-electron chi connectivity index (χ4n) is 0.883. The van der Waals surface area contributed by atoms with Gasteiger partial charge in [0.1, 0.15) is 0 Å². The maximum atomic E-state index is 2.35. The highest BCUT2D eigenvalue weighted by molar-refractivity contribution is 6.65. The molecule has 52 valence electrons. The van der Waals surface area contributed by atoms with Crippen LogP contribution in [0, 0.1) is 0 Å². The molecule has 0 aliphatic rings. The Morgan fingerprint density at radius 3 is 2.20 bits per heavy atom. The van der Waals surface area contributed by atoms with Gasteiger partial charge in [0.2, 0.25) is 0 Å². The molecule has 1 aromatic rings. The van der Waals surface area contributed by atoms with Crippen molar-refractivity contribution >= 4 is 14.1 Å². The first-order valence-corrected chi connectivity index (χ1v) is 5.22. The van der Waals surface area contributed by atoms with Crippen molar-refractivity contribution in [2.24, 2.45) is 0 Å². The van der Waals surface area contributed by atoms with Crippen molar-refractivity contribution in [2.75, 3.05) is 0 Å². The van der Waals surface area contributed by atoms with E-state index in [0.717, 1.165) is 0 Å². The number of rotatable bonds is 1. The van der Waals surface area contributed by atoms with Crippen molar-refractivity contribution in [3.8, 4) is 0 Å². The van der Waals surface area contributed by atoms with Crippen LogP contribution in [0.15, 0.2) is 35.1 Å². The summed E-state index contributed by atoms with van der Waals surface area (Å²) < 4.78 is 0. The van der Waals surface area contributed by atoms with Gasteiger partial charge in [-0.1, -0.05) is 40.8 Å². The van der Waals surface area contributed by atoms with Crippen LogP contribution in [0.4, 0.5) is 0 Å². The van der Waals surface area contributed by atoms with E-state index in [2.05, 4.69) is 49.1 Å². The van der Waals surface area contributed by atoms with Crippen molar-refractivity contribution < 1.29 is 0 Å². The molecule has 0 saturated heterocycles. The van der Waals surface area contributed by atoms with Gasteiger partial charge in [-0.25, -0.2) is 0 Å². The van der Waals surface area contributed by atoms with E-state index >= 15 is 0 Å². The largest absolute Gasteiger partial charge is 0.0804 e. The van der Waals surface area contributed by atoms with E-state index in [9.17, 15) is 0 Å². The smallest absolute Gasteiger partial charge is 0.0644 e. The first kappa shape index (κ1) is 7.41. The van der Waals surface area contributed by atoms with E-state index in [0.29, 0.717) is 0 Å². The molecule has 0 saturated carbocycles. The van der Waals surface area contributed by atoms with E-state index in [1.54, 1.807) is 0 Å². The highest BCUT2D eigenvalue weighted by atomic mass is 28.2. The molecule has 1 heterocycles. The zero-order chi connectivity index (χ0) is 7.40. The third kappa shape index (κ3) is 2.27. The average Bonchev–Trinajstić information content (AvgIpc) is 1.88. The van der Waals surface area contributed by atoms with E-state index in [-0.39, 0.29) is 0 Å². The molecule has 0 bridgehead atoms. The minimum Gasteiger partial charge on any atom is -0.0804 e. The van der Waals surface area contributed by atoms with Gasteiger partial charge in [0.05, 0.1) is 8.40 Å². The van der Waals surface area contributed by atoms with Crippen LogP contribution in [0.5, 0.6) is 0 Å². The van der Waals surface area contributed by atoms with Gasteiger partial charge in [0.15, 0.2) is 0 Å². The van der Waals surface area contributed by atoms with Crippen molar-refractivity contribution in [2.45, 2.75) is 13.8 Å². The van der Waals surface area contributed by atoms with E-state index in [1.165, 1.54) is 5.57 Å². The van der Waals surface area contributed by atoms with Gasteiger partial charge in [-0.2, -0.15) is 0 Å². The Morgan fingerprint density at radius 1 is 1.10 bits per heavy atom. The molecule has 10 heavy (non-hydrogen) atoms.